The SMILES string of the molecule is CC(=O)c1cccc(NC(=O)[C@H]2CCCN2S(=O)(=O)c2c(C)cc(C)cc2C)c1. The first-order valence-electron chi connectivity index (χ1n) is 9.63. The molecule has 0 radical (unpaired) electrons. The molecule has 1 aliphatic heterocycles. The molecule has 0 aromatic heterocycles. The van der Waals surface area contributed by atoms with Crippen LogP contribution in [0.4, 0.5) is 5.69 Å². The first-order chi connectivity index (χ1) is 13.6. The van der Waals surface area contributed by atoms with Gasteiger partial charge in [0, 0.05) is 17.8 Å². The van der Waals surface area contributed by atoms with Crippen LogP contribution in [0.3, 0.4) is 0 Å². The molecule has 2 aromatic rings. The van der Waals surface area contributed by atoms with E-state index in [9.17, 15) is 18.0 Å². The summed E-state index contributed by atoms with van der Waals surface area (Å²) in [4.78, 5) is 24.8. The second-order valence-corrected chi connectivity index (χ2v) is 9.46. The van der Waals surface area contributed by atoms with Crippen LogP contribution >= 0.6 is 0 Å². The molecule has 0 aliphatic carbocycles. The Kier molecular flexibility index (Phi) is 5.91. The van der Waals surface area contributed by atoms with E-state index in [1.807, 2.05) is 19.1 Å². The Balaban J connectivity index is 1.89. The second-order valence-electron chi connectivity index (χ2n) is 7.63. The number of rotatable bonds is 5. The summed E-state index contributed by atoms with van der Waals surface area (Å²) in [5.41, 5.74) is 3.34. The summed E-state index contributed by atoms with van der Waals surface area (Å²) in [5.74, 6) is -0.481. The fraction of sp³-hybridized carbons (Fsp3) is 0.364. The van der Waals surface area contributed by atoms with Crippen molar-refractivity contribution in [1.29, 1.82) is 0 Å². The molecule has 1 saturated heterocycles. The maximum Gasteiger partial charge on any atom is 0.244 e. The molecule has 6 nitrogen and oxygen atoms in total. The highest BCUT2D eigenvalue weighted by Crippen LogP contribution is 2.31. The van der Waals surface area contributed by atoms with E-state index in [0.29, 0.717) is 41.8 Å². The number of carbonyl (C=O) groups excluding carboxylic acids is 2. The molecule has 7 heteroatoms. The van der Waals surface area contributed by atoms with Crippen LogP contribution in [0.15, 0.2) is 41.3 Å². The summed E-state index contributed by atoms with van der Waals surface area (Å²) in [6.45, 7) is 7.26. The average molecular weight is 415 g/mol. The molecule has 29 heavy (non-hydrogen) atoms. The lowest BCUT2D eigenvalue weighted by atomic mass is 10.1. The molecule has 2 aromatic carbocycles. The van der Waals surface area contributed by atoms with Crippen LogP contribution in [0.5, 0.6) is 0 Å². The largest absolute Gasteiger partial charge is 0.325 e. The van der Waals surface area contributed by atoms with Crippen LogP contribution in [0, 0.1) is 20.8 Å². The first kappa shape index (κ1) is 21.2. The van der Waals surface area contributed by atoms with Gasteiger partial charge in [-0.05, 0) is 63.8 Å². The summed E-state index contributed by atoms with van der Waals surface area (Å²) in [6.07, 6.45) is 1.08. The van der Waals surface area contributed by atoms with Gasteiger partial charge in [-0.15, -0.1) is 0 Å². The van der Waals surface area contributed by atoms with Gasteiger partial charge in [-0.25, -0.2) is 8.42 Å². The number of benzene rings is 2. The summed E-state index contributed by atoms with van der Waals surface area (Å²) < 4.78 is 28.1. The summed E-state index contributed by atoms with van der Waals surface area (Å²) in [5, 5.41) is 2.77. The number of hydrogen-bond donors (Lipinski definition) is 1. The molecule has 1 atom stereocenters. The zero-order chi connectivity index (χ0) is 21.3. The fourth-order valence-corrected chi connectivity index (χ4v) is 6.09. The molecule has 0 spiro atoms. The van der Waals surface area contributed by atoms with Crippen molar-refractivity contribution >= 4 is 27.4 Å². The molecule has 0 unspecified atom stereocenters. The number of carbonyl (C=O) groups is 2. The van der Waals surface area contributed by atoms with Crippen LogP contribution in [0.2, 0.25) is 0 Å². The number of sulfonamides is 1. The second kappa shape index (κ2) is 8.08. The number of nitrogens with zero attached hydrogens (tertiary/aromatic N) is 1. The van der Waals surface area contributed by atoms with Crippen LogP contribution in [0.25, 0.3) is 0 Å². The van der Waals surface area contributed by atoms with Gasteiger partial charge in [0.05, 0.1) is 4.90 Å². The molecule has 154 valence electrons. The maximum atomic E-state index is 13.4. The minimum Gasteiger partial charge on any atom is -0.325 e. The van der Waals surface area contributed by atoms with Gasteiger partial charge in [-0.2, -0.15) is 4.31 Å². The summed E-state index contributed by atoms with van der Waals surface area (Å²) in [7, 11) is -3.81. The van der Waals surface area contributed by atoms with Crippen molar-refractivity contribution in [3.05, 3.63) is 58.7 Å². The average Bonchev–Trinajstić information content (AvgIpc) is 3.11. The first-order valence-corrected chi connectivity index (χ1v) is 11.1. The van der Waals surface area contributed by atoms with Gasteiger partial charge in [0.1, 0.15) is 6.04 Å². The van der Waals surface area contributed by atoms with Gasteiger partial charge in [-0.1, -0.05) is 29.8 Å². The lowest BCUT2D eigenvalue weighted by Crippen LogP contribution is -2.43. The van der Waals surface area contributed by atoms with Crippen LogP contribution in [-0.2, 0) is 14.8 Å². The van der Waals surface area contributed by atoms with Crippen molar-refractivity contribution in [2.75, 3.05) is 11.9 Å². The normalized spacial score (nSPS) is 17.3. The van der Waals surface area contributed by atoms with Gasteiger partial charge in [0.2, 0.25) is 15.9 Å². The number of aryl methyl sites for hydroxylation is 3. The standard InChI is InChI=1S/C22H26N2O4S/c1-14-11-15(2)21(16(3)12-14)29(27,28)24-10-6-9-20(24)22(26)23-19-8-5-7-18(13-19)17(4)25/h5,7-8,11-13,20H,6,9-10H2,1-4H3,(H,23,26)/t20-/m1/s1. The smallest absolute Gasteiger partial charge is 0.244 e. The zero-order valence-corrected chi connectivity index (χ0v) is 18.0. The van der Waals surface area contributed by atoms with E-state index in [-0.39, 0.29) is 16.6 Å². The summed E-state index contributed by atoms with van der Waals surface area (Å²) >= 11 is 0. The molecule has 0 saturated carbocycles. The van der Waals surface area contributed by atoms with Gasteiger partial charge in [0.15, 0.2) is 5.78 Å². The molecular formula is C22H26N2O4S. The Hall–Kier alpha value is -2.51. The monoisotopic (exact) mass is 414 g/mol. The molecule has 1 fully saturated rings. The van der Waals surface area contributed by atoms with E-state index in [2.05, 4.69) is 5.32 Å². The van der Waals surface area contributed by atoms with Crippen molar-refractivity contribution in [2.45, 2.75) is 51.5 Å². The van der Waals surface area contributed by atoms with E-state index < -0.39 is 16.1 Å². The van der Waals surface area contributed by atoms with Crippen molar-refractivity contribution in [3.63, 3.8) is 0 Å². The van der Waals surface area contributed by atoms with Crippen molar-refractivity contribution in [2.24, 2.45) is 0 Å². The number of Topliss-reactive ketones (excluding diaryl/α,β-unsaturated/α-hetero) is 1. The van der Waals surface area contributed by atoms with Crippen molar-refractivity contribution in [3.8, 4) is 0 Å². The lowest BCUT2D eigenvalue weighted by Gasteiger charge is -2.25. The highest BCUT2D eigenvalue weighted by atomic mass is 32.2. The van der Waals surface area contributed by atoms with E-state index >= 15 is 0 Å². The predicted molar refractivity (Wildman–Crippen MR) is 113 cm³/mol. The number of ketones is 1. The van der Waals surface area contributed by atoms with Crippen LogP contribution in [0.1, 0.15) is 46.8 Å². The number of amides is 1. The molecule has 1 heterocycles. The maximum absolute atomic E-state index is 13.4. The Morgan fingerprint density at radius 3 is 2.34 bits per heavy atom. The highest BCUT2D eigenvalue weighted by Gasteiger charge is 2.40. The molecule has 1 aliphatic rings. The lowest BCUT2D eigenvalue weighted by molar-refractivity contribution is -0.119. The summed E-state index contributed by atoms with van der Waals surface area (Å²) in [6, 6.07) is 9.56. The van der Waals surface area contributed by atoms with E-state index in [1.165, 1.54) is 11.2 Å². The quantitative estimate of drug-likeness (QED) is 0.758. The fourth-order valence-electron chi connectivity index (χ4n) is 4.02. The van der Waals surface area contributed by atoms with Crippen molar-refractivity contribution in [1.82, 2.24) is 4.31 Å². The Morgan fingerprint density at radius 2 is 1.72 bits per heavy atom. The Morgan fingerprint density at radius 1 is 1.07 bits per heavy atom. The third-order valence-corrected chi connectivity index (χ3v) is 7.43. The van der Waals surface area contributed by atoms with Gasteiger partial charge >= 0.3 is 0 Å². The Bertz CT molecular complexity index is 1050. The third kappa shape index (κ3) is 4.26. The third-order valence-electron chi connectivity index (χ3n) is 5.21. The van der Waals surface area contributed by atoms with E-state index in [1.54, 1.807) is 38.1 Å². The predicted octanol–water partition coefficient (Wildman–Crippen LogP) is 3.61. The number of hydrogen-bond acceptors (Lipinski definition) is 4. The number of nitrogens with one attached hydrogen (secondary N) is 1. The molecule has 1 amide bonds. The van der Waals surface area contributed by atoms with Crippen LogP contribution in [-0.4, -0.2) is 37.0 Å². The minimum absolute atomic E-state index is 0.100. The zero-order valence-electron chi connectivity index (χ0n) is 17.2. The minimum atomic E-state index is -3.81. The van der Waals surface area contributed by atoms with E-state index in [0.717, 1.165) is 5.56 Å². The molecule has 3 rings (SSSR count). The highest BCUT2D eigenvalue weighted by molar-refractivity contribution is 7.89. The van der Waals surface area contributed by atoms with Gasteiger partial charge in [-0.3, -0.25) is 9.59 Å². The van der Waals surface area contributed by atoms with Gasteiger partial charge in [0.25, 0.3) is 0 Å². The molecule has 0 bridgehead atoms. The number of anilines is 1. The van der Waals surface area contributed by atoms with E-state index in [4.69, 9.17) is 0 Å². The van der Waals surface area contributed by atoms with Gasteiger partial charge < -0.3 is 5.32 Å². The van der Waals surface area contributed by atoms with Crippen LogP contribution < -0.4 is 5.32 Å². The molecule has 1 N–H and O–H groups in total. The van der Waals surface area contributed by atoms with Crippen molar-refractivity contribution < 1.29 is 18.0 Å². The topological polar surface area (TPSA) is 83.6 Å². The Labute approximate surface area is 172 Å². The molecular weight excluding hydrogens is 388 g/mol.